The summed E-state index contributed by atoms with van der Waals surface area (Å²) in [6, 6.07) is 7.21. The van der Waals surface area contributed by atoms with Gasteiger partial charge in [-0.05, 0) is 76.0 Å². The van der Waals surface area contributed by atoms with E-state index in [2.05, 4.69) is 30.0 Å². The van der Waals surface area contributed by atoms with Gasteiger partial charge >= 0.3 is 0 Å². The molecule has 1 saturated heterocycles. The summed E-state index contributed by atoms with van der Waals surface area (Å²) in [4.78, 5) is 5.04. The molecule has 3 heteroatoms. The number of aromatic hydroxyl groups is 1. The van der Waals surface area contributed by atoms with E-state index >= 15 is 0 Å². The van der Waals surface area contributed by atoms with Crippen LogP contribution < -0.4 is 0 Å². The fourth-order valence-corrected chi connectivity index (χ4v) is 3.84. The number of phenolic OH excluding ortho intramolecular Hbond substituents is 1. The van der Waals surface area contributed by atoms with Gasteiger partial charge in [-0.3, -0.25) is 4.90 Å². The minimum Gasteiger partial charge on any atom is -0.508 e. The van der Waals surface area contributed by atoms with Gasteiger partial charge < -0.3 is 10.0 Å². The molecule has 1 aromatic rings. The number of piperidine rings is 1. The van der Waals surface area contributed by atoms with E-state index in [1.165, 1.54) is 49.9 Å². The Bertz CT molecular complexity index is 472. The van der Waals surface area contributed by atoms with Crippen LogP contribution in [0.3, 0.4) is 0 Å². The third-order valence-electron chi connectivity index (χ3n) is 5.01. The predicted molar refractivity (Wildman–Crippen MR) is 82.1 cm³/mol. The summed E-state index contributed by atoms with van der Waals surface area (Å²) in [5.74, 6) is 0.411. The standard InChI is InChI=1S/C17H26N2O/c1-18(2)14-6-4-10-19(12-14)17-7-3-5-13-11-15(20)8-9-16(13)17/h8-9,11,14,17,20H,3-7,10,12H2,1-2H3. The molecule has 0 saturated carbocycles. The van der Waals surface area contributed by atoms with Crippen molar-refractivity contribution >= 4 is 0 Å². The third-order valence-corrected chi connectivity index (χ3v) is 5.01. The first-order valence-electron chi connectivity index (χ1n) is 7.87. The van der Waals surface area contributed by atoms with Crippen molar-refractivity contribution in [1.82, 2.24) is 9.80 Å². The third kappa shape index (κ3) is 2.70. The summed E-state index contributed by atoms with van der Waals surface area (Å²) >= 11 is 0. The summed E-state index contributed by atoms with van der Waals surface area (Å²) in [6.07, 6.45) is 6.23. The van der Waals surface area contributed by atoms with Crippen molar-refractivity contribution in [3.05, 3.63) is 29.3 Å². The van der Waals surface area contributed by atoms with Gasteiger partial charge in [-0.25, -0.2) is 0 Å². The van der Waals surface area contributed by atoms with Crippen molar-refractivity contribution < 1.29 is 5.11 Å². The van der Waals surface area contributed by atoms with E-state index in [9.17, 15) is 5.11 Å². The Morgan fingerprint density at radius 3 is 2.85 bits per heavy atom. The fourth-order valence-electron chi connectivity index (χ4n) is 3.84. The quantitative estimate of drug-likeness (QED) is 0.898. The van der Waals surface area contributed by atoms with Crippen molar-refractivity contribution in [2.45, 2.75) is 44.2 Å². The lowest BCUT2D eigenvalue weighted by Crippen LogP contribution is -2.46. The zero-order chi connectivity index (χ0) is 14.1. The number of hydrogen-bond donors (Lipinski definition) is 1. The molecule has 1 fully saturated rings. The molecular weight excluding hydrogens is 248 g/mol. The van der Waals surface area contributed by atoms with Crippen molar-refractivity contribution in [1.29, 1.82) is 0 Å². The molecule has 110 valence electrons. The lowest BCUT2D eigenvalue weighted by atomic mass is 9.85. The van der Waals surface area contributed by atoms with Gasteiger partial charge in [0.25, 0.3) is 0 Å². The molecule has 1 aromatic carbocycles. The minimum absolute atomic E-state index is 0.411. The lowest BCUT2D eigenvalue weighted by molar-refractivity contribution is 0.0878. The summed E-state index contributed by atoms with van der Waals surface area (Å²) in [7, 11) is 4.39. The molecule has 1 heterocycles. The van der Waals surface area contributed by atoms with Gasteiger partial charge in [0, 0.05) is 18.6 Å². The number of nitrogens with zero attached hydrogens (tertiary/aromatic N) is 2. The Morgan fingerprint density at radius 2 is 2.05 bits per heavy atom. The first kappa shape index (κ1) is 13.9. The summed E-state index contributed by atoms with van der Waals surface area (Å²) in [5, 5.41) is 9.68. The number of likely N-dealkylation sites (N-methyl/N-ethyl adjacent to an activating group) is 1. The molecule has 20 heavy (non-hydrogen) atoms. The van der Waals surface area contributed by atoms with Crippen molar-refractivity contribution in [2.24, 2.45) is 0 Å². The molecule has 1 aliphatic carbocycles. The van der Waals surface area contributed by atoms with Crippen molar-refractivity contribution in [3.8, 4) is 5.75 Å². The van der Waals surface area contributed by atoms with E-state index in [1.807, 2.05) is 12.1 Å². The van der Waals surface area contributed by atoms with E-state index in [0.717, 1.165) is 6.42 Å². The van der Waals surface area contributed by atoms with Crippen LogP contribution in [0.5, 0.6) is 5.75 Å². The second-order valence-corrected chi connectivity index (χ2v) is 6.55. The van der Waals surface area contributed by atoms with Gasteiger partial charge in [-0.2, -0.15) is 0 Å². The van der Waals surface area contributed by atoms with Crippen LogP contribution in [-0.4, -0.2) is 48.1 Å². The van der Waals surface area contributed by atoms with E-state index in [4.69, 9.17) is 0 Å². The Balaban J connectivity index is 1.81. The van der Waals surface area contributed by atoms with Gasteiger partial charge in [-0.15, -0.1) is 0 Å². The average molecular weight is 274 g/mol. The second-order valence-electron chi connectivity index (χ2n) is 6.55. The molecule has 1 aliphatic heterocycles. The summed E-state index contributed by atoms with van der Waals surface area (Å²) in [6.45, 7) is 2.40. The maximum Gasteiger partial charge on any atom is 0.115 e. The first-order valence-corrected chi connectivity index (χ1v) is 7.87. The van der Waals surface area contributed by atoms with Crippen molar-refractivity contribution in [2.75, 3.05) is 27.2 Å². The SMILES string of the molecule is CN(C)C1CCCN(C2CCCc3cc(O)ccc32)C1. The maximum atomic E-state index is 9.68. The number of fused-ring (bicyclic) bond motifs is 1. The highest BCUT2D eigenvalue weighted by atomic mass is 16.3. The molecule has 0 aromatic heterocycles. The normalized spacial score (nSPS) is 27.6. The molecule has 0 amide bonds. The fraction of sp³-hybridized carbons (Fsp3) is 0.647. The van der Waals surface area contributed by atoms with E-state index < -0.39 is 0 Å². The Hall–Kier alpha value is -1.06. The topological polar surface area (TPSA) is 26.7 Å². The van der Waals surface area contributed by atoms with Crippen LogP contribution in [0.15, 0.2) is 18.2 Å². The van der Waals surface area contributed by atoms with E-state index in [0.29, 0.717) is 17.8 Å². The van der Waals surface area contributed by atoms with E-state index in [1.54, 1.807) is 0 Å². The van der Waals surface area contributed by atoms with Gasteiger partial charge in [0.2, 0.25) is 0 Å². The molecule has 2 aliphatic rings. The Morgan fingerprint density at radius 1 is 1.20 bits per heavy atom. The zero-order valence-corrected chi connectivity index (χ0v) is 12.7. The molecule has 1 N–H and O–H groups in total. The molecular formula is C17H26N2O. The van der Waals surface area contributed by atoms with Crippen LogP contribution in [0, 0.1) is 0 Å². The molecule has 0 radical (unpaired) electrons. The zero-order valence-electron chi connectivity index (χ0n) is 12.7. The average Bonchev–Trinajstić information content (AvgIpc) is 2.46. The Labute approximate surface area is 122 Å². The number of likely N-dealkylation sites (tertiary alicyclic amines) is 1. The maximum absolute atomic E-state index is 9.68. The summed E-state index contributed by atoms with van der Waals surface area (Å²) in [5.41, 5.74) is 2.81. The molecule has 3 nitrogen and oxygen atoms in total. The molecule has 3 rings (SSSR count). The Kier molecular flexibility index (Phi) is 3.99. The molecule has 2 unspecified atom stereocenters. The number of hydrogen-bond acceptors (Lipinski definition) is 3. The van der Waals surface area contributed by atoms with Gasteiger partial charge in [0.1, 0.15) is 5.75 Å². The van der Waals surface area contributed by atoms with E-state index in [-0.39, 0.29) is 0 Å². The molecule has 0 spiro atoms. The van der Waals surface area contributed by atoms with Crippen LogP contribution >= 0.6 is 0 Å². The molecule has 2 atom stereocenters. The van der Waals surface area contributed by atoms with Gasteiger partial charge in [0.15, 0.2) is 0 Å². The second kappa shape index (κ2) is 5.74. The van der Waals surface area contributed by atoms with Crippen LogP contribution in [0.4, 0.5) is 0 Å². The monoisotopic (exact) mass is 274 g/mol. The highest BCUT2D eigenvalue weighted by Gasteiger charge is 2.30. The highest BCUT2D eigenvalue weighted by molar-refractivity contribution is 5.38. The van der Waals surface area contributed by atoms with Crippen LogP contribution in [0.1, 0.15) is 42.9 Å². The molecule has 0 bridgehead atoms. The highest BCUT2D eigenvalue weighted by Crippen LogP contribution is 2.37. The minimum atomic E-state index is 0.411. The largest absolute Gasteiger partial charge is 0.508 e. The summed E-state index contributed by atoms with van der Waals surface area (Å²) < 4.78 is 0. The van der Waals surface area contributed by atoms with Crippen LogP contribution in [0.2, 0.25) is 0 Å². The van der Waals surface area contributed by atoms with Gasteiger partial charge in [-0.1, -0.05) is 6.07 Å². The number of aryl methyl sites for hydroxylation is 1. The number of benzene rings is 1. The smallest absolute Gasteiger partial charge is 0.115 e. The van der Waals surface area contributed by atoms with Gasteiger partial charge in [0.05, 0.1) is 0 Å². The van der Waals surface area contributed by atoms with Crippen molar-refractivity contribution in [3.63, 3.8) is 0 Å². The van der Waals surface area contributed by atoms with Crippen LogP contribution in [0.25, 0.3) is 0 Å². The lowest BCUT2D eigenvalue weighted by Gasteiger charge is -2.42. The first-order chi connectivity index (χ1) is 9.65. The van der Waals surface area contributed by atoms with Crippen LogP contribution in [-0.2, 0) is 6.42 Å². The number of phenols is 1. The predicted octanol–water partition coefficient (Wildman–Crippen LogP) is 2.80. The number of rotatable bonds is 2.